The molecule has 1 heterocycles. The number of non-ortho nitro benzene ring substituents is 2. The lowest BCUT2D eigenvalue weighted by molar-refractivity contribution is -0.394. The normalized spacial score (nSPS) is 23.4. The Morgan fingerprint density at radius 1 is 0.333 bits per heavy atom. The van der Waals surface area contributed by atoms with E-state index in [-0.39, 0.29) is 17.4 Å². The molecular formula is C74H12N3O4. The second-order valence-corrected chi connectivity index (χ2v) is 28.4. The Kier molecular flexibility index (Phi) is 3.11. The minimum Gasteiger partial charge on any atom is -0.293 e. The minimum atomic E-state index is -0.626. The fraction of sp³-hybridized carbons (Fsp3) is 0.0676. The Bertz CT molecular complexity index is 7700. The molecule has 2 spiro atoms. The van der Waals surface area contributed by atoms with Crippen LogP contribution in [0.3, 0.4) is 0 Å². The van der Waals surface area contributed by atoms with Crippen molar-refractivity contribution in [2.45, 2.75) is 23.4 Å². The van der Waals surface area contributed by atoms with E-state index in [2.05, 4.69) is 30.6 Å². The van der Waals surface area contributed by atoms with Gasteiger partial charge in [0.15, 0.2) is 0 Å². The fourth-order valence-electron chi connectivity index (χ4n) is 27.3. The lowest BCUT2D eigenvalue weighted by Crippen LogP contribution is -2.56. The zero-order valence-corrected chi connectivity index (χ0v) is 41.0. The molecule has 7 nitrogen and oxygen atoms in total. The fourth-order valence-corrected chi connectivity index (χ4v) is 27.3. The predicted octanol–water partition coefficient (Wildman–Crippen LogP) is 18.4. The van der Waals surface area contributed by atoms with Crippen molar-refractivity contribution in [3.8, 4) is 0 Å². The zero-order valence-electron chi connectivity index (χ0n) is 41.0. The lowest BCUT2D eigenvalue weighted by atomic mass is 9.47. The van der Waals surface area contributed by atoms with Crippen LogP contribution in [0, 0.1) is 51.8 Å². The first-order valence-electron chi connectivity index (χ1n) is 29.2. The summed E-state index contributed by atoms with van der Waals surface area (Å²) in [4.78, 5) is 27.5. The maximum atomic E-state index is 12.8. The molecule has 1 saturated carbocycles. The Hall–Kier alpha value is -9.56. The molecule has 0 bridgehead atoms. The van der Waals surface area contributed by atoms with Gasteiger partial charge in [-0.3, -0.25) is 25.1 Å². The highest BCUT2D eigenvalue weighted by molar-refractivity contribution is 6.82. The topological polar surface area (TPSA) is 89.5 Å². The van der Waals surface area contributed by atoms with Gasteiger partial charge in [0.2, 0.25) is 0 Å². The molecule has 6 aliphatic rings. The van der Waals surface area contributed by atoms with Gasteiger partial charge in [0.05, 0.1) is 26.7 Å². The minimum absolute atomic E-state index is 0.207. The van der Waals surface area contributed by atoms with Gasteiger partial charge in [-0.1, -0.05) is 0 Å². The molecule has 7 heteroatoms. The molecule has 0 aromatic heterocycles. The number of nitro benzene ring substituents is 2. The summed E-state index contributed by atoms with van der Waals surface area (Å²) in [6.45, 7) is 1.03. The molecule has 347 valence electrons. The summed E-state index contributed by atoms with van der Waals surface area (Å²) < 4.78 is 0. The van der Waals surface area contributed by atoms with Crippen LogP contribution in [0.2, 0.25) is 0 Å². The third kappa shape index (κ3) is 1.93. The molecule has 5 aliphatic carbocycles. The number of hydrogen-bond acceptors (Lipinski definition) is 5. The van der Waals surface area contributed by atoms with Crippen LogP contribution in [-0.2, 0) is 17.4 Å². The Morgan fingerprint density at radius 3 is 0.790 bits per heavy atom. The molecule has 29 aromatic carbocycles. The molecule has 1 aliphatic heterocycles. The molecule has 1 saturated heterocycles. The largest absolute Gasteiger partial charge is 0.293 e. The van der Waals surface area contributed by atoms with Gasteiger partial charge in [0.25, 0.3) is 11.4 Å². The monoisotopic (exact) mass is 1010 g/mol. The number of benzene rings is 19. The Morgan fingerprint density at radius 2 is 0.556 bits per heavy atom. The van der Waals surface area contributed by atoms with E-state index >= 15 is 0 Å². The summed E-state index contributed by atoms with van der Waals surface area (Å²) in [5.74, 6) is 1.27. The van der Waals surface area contributed by atoms with Crippen molar-refractivity contribution in [2.75, 3.05) is 6.54 Å². The summed E-state index contributed by atoms with van der Waals surface area (Å²) in [5.41, 5.74) is 5.24. The van der Waals surface area contributed by atoms with Crippen LogP contribution >= 0.6 is 0 Å². The smallest absolute Gasteiger partial charge is 0.276 e. The molecule has 81 heavy (non-hydrogen) atoms. The molecular weight excluding hydrogens is 995 g/mol. The van der Waals surface area contributed by atoms with Crippen LogP contribution in [0.4, 0.5) is 11.4 Å². The summed E-state index contributed by atoms with van der Waals surface area (Å²) in [7, 11) is 0. The van der Waals surface area contributed by atoms with Crippen molar-refractivity contribution in [1.82, 2.24) is 4.90 Å². The number of nitrogens with zero attached hydrogens (tertiary/aromatic N) is 3. The molecule has 2 fully saturated rings. The molecule has 29 aromatic rings. The van der Waals surface area contributed by atoms with Crippen molar-refractivity contribution < 1.29 is 9.85 Å². The highest BCUT2D eigenvalue weighted by Crippen LogP contribution is 2.86. The van der Waals surface area contributed by atoms with Gasteiger partial charge in [0, 0.05) is 37.2 Å². The van der Waals surface area contributed by atoms with Crippen LogP contribution in [0.15, 0.2) is 18.2 Å². The zero-order chi connectivity index (χ0) is 49.5. The SMILES string of the molecule is O=[N+]([O-])c1cc(CN2CC34c5c6c7c8c9c%10c(c%11c%12c3c3c5c5c%13c6c6c7c7c9c9c%14c%10c%10c%11c%11c%12c%12c3c3c5c5c%13c%13c6c6c7c9c7c9c%14c%10c%10c%11c%11c%12c3c3c5c5c%13c6c7c6c9c%10c%11c3c56)C84C2[C]2[CH][CH][CH][CH]2)cc([N+](=O)[O-])c1. The van der Waals surface area contributed by atoms with Gasteiger partial charge < -0.3 is 0 Å². The van der Waals surface area contributed by atoms with E-state index in [9.17, 15) is 20.2 Å². The predicted molar refractivity (Wildman–Crippen MR) is 328 cm³/mol. The first-order valence-corrected chi connectivity index (χ1v) is 29.2. The van der Waals surface area contributed by atoms with Crippen LogP contribution < -0.4 is 0 Å². The van der Waals surface area contributed by atoms with Gasteiger partial charge in [0.1, 0.15) is 0 Å². The van der Waals surface area contributed by atoms with E-state index in [1.807, 2.05) is 0 Å². The standard InChI is InChI=1S/C74H12N3O4/c78-76(79)12-5-10(6-13(7-12)77(80)81)8-75-9-73-68-60-52-42-32-24-16-14-15-18-22-20(16)28-36-30(22)40-34-26(18)27-19(15)23-21-17(14)25(24)33-39-29(21)37-31(23)41-35(27)45-44(34)56-50(40)58-48(36)54(46(52)38(28)32)62(68)64(58)70-66(56)67-57(45)51(41)59-49(37)55-47(39)53(43(33)42)61(60)69(73)63(55)65(59)71(67)74(70,73)72(75)11-3-1-2-4-11/h1-7,72H,8-9H2. The number of likely N-dealkylation sites (tertiary alicyclic amines) is 1. The van der Waals surface area contributed by atoms with E-state index in [1.54, 1.807) is 239 Å². The second kappa shape index (κ2) is 7.74. The van der Waals surface area contributed by atoms with Crippen molar-refractivity contribution in [3.63, 3.8) is 0 Å². The van der Waals surface area contributed by atoms with Crippen LogP contribution in [0.1, 0.15) is 27.8 Å². The van der Waals surface area contributed by atoms with Gasteiger partial charge in [-0.2, -0.15) is 0 Å². The Balaban J connectivity index is 0.998. The van der Waals surface area contributed by atoms with Crippen molar-refractivity contribution in [2.24, 2.45) is 0 Å². The van der Waals surface area contributed by atoms with E-state index < -0.39 is 20.7 Å². The molecule has 35 rings (SSSR count). The lowest BCUT2D eigenvalue weighted by Gasteiger charge is -2.53. The molecule has 0 N–H and O–H groups in total. The molecule has 5 radical (unpaired) electrons. The molecule has 1 unspecified atom stereocenters. The van der Waals surface area contributed by atoms with Crippen LogP contribution in [0.25, 0.3) is 291 Å². The van der Waals surface area contributed by atoms with Crippen molar-refractivity contribution >= 4 is 302 Å². The summed E-state index contributed by atoms with van der Waals surface area (Å²) in [5, 5.41) is 110. The summed E-state index contributed by atoms with van der Waals surface area (Å²) in [6, 6.07) is 4.22. The summed E-state index contributed by atoms with van der Waals surface area (Å²) in [6.07, 6.45) is 9.25. The van der Waals surface area contributed by atoms with E-state index in [0.717, 1.165) is 6.07 Å². The van der Waals surface area contributed by atoms with Gasteiger partial charge in [-0.25, -0.2) is 0 Å². The van der Waals surface area contributed by atoms with E-state index in [1.165, 1.54) is 92.1 Å². The number of nitro groups is 2. The maximum Gasteiger partial charge on any atom is 0.276 e. The van der Waals surface area contributed by atoms with E-state index in [4.69, 9.17) is 0 Å². The van der Waals surface area contributed by atoms with Crippen LogP contribution in [0.5, 0.6) is 0 Å². The van der Waals surface area contributed by atoms with Crippen LogP contribution in [-0.4, -0.2) is 27.3 Å². The van der Waals surface area contributed by atoms with E-state index in [0.29, 0.717) is 18.7 Å². The van der Waals surface area contributed by atoms with Gasteiger partial charge in [-0.15, -0.1) is 0 Å². The average Bonchev–Trinajstić information content (AvgIpc) is 1.42. The van der Waals surface area contributed by atoms with Crippen molar-refractivity contribution in [3.05, 3.63) is 97.8 Å². The average molecular weight is 1010 g/mol. The third-order valence-corrected chi connectivity index (χ3v) is 27.6. The quantitative estimate of drug-likeness (QED) is 0.0973. The molecule has 0 amide bonds. The van der Waals surface area contributed by atoms with Gasteiger partial charge >= 0.3 is 0 Å². The highest BCUT2D eigenvalue weighted by Gasteiger charge is 2.77. The number of rotatable bonds is 5. The molecule has 1 atom stereocenters. The number of hydrogen-bond donors (Lipinski definition) is 0. The summed E-state index contributed by atoms with van der Waals surface area (Å²) >= 11 is 0. The first kappa shape index (κ1) is 32.5. The first-order chi connectivity index (χ1) is 40.0. The van der Waals surface area contributed by atoms with Gasteiger partial charge in [-0.05, 0) is 344 Å². The van der Waals surface area contributed by atoms with Crippen molar-refractivity contribution in [1.29, 1.82) is 0 Å². The maximum absolute atomic E-state index is 12.8. The second-order valence-electron chi connectivity index (χ2n) is 28.4. The highest BCUT2D eigenvalue weighted by atomic mass is 16.6. The Labute approximate surface area is 442 Å². The third-order valence-electron chi connectivity index (χ3n) is 27.6.